The van der Waals surface area contributed by atoms with Crippen molar-refractivity contribution in [2.45, 2.75) is 83.3 Å². The van der Waals surface area contributed by atoms with Gasteiger partial charge in [-0.15, -0.1) is 0 Å². The summed E-state index contributed by atoms with van der Waals surface area (Å²) in [4.78, 5) is 0. The number of rotatable bonds is 5. The molecule has 30 heavy (non-hydrogen) atoms. The summed E-state index contributed by atoms with van der Waals surface area (Å²) in [6.07, 6.45) is 2.81. The van der Waals surface area contributed by atoms with Crippen LogP contribution < -0.4 is 0 Å². The number of alkyl halides is 2. The zero-order chi connectivity index (χ0) is 21.3. The predicted molar refractivity (Wildman–Crippen MR) is 113 cm³/mol. The standard InChI is InChI=1S/C26H31F3O/c1-3-5-18-8-12-20(13-9-18)23-16-21-14-15-22(19-10-6-17(4-2)7-11-19)25(27)24(21)26(28,29)30-23/h8-9,12-15,17,19,23H,3-7,10-11,16H2,1-2H3. The zero-order valence-corrected chi connectivity index (χ0v) is 17.9. The van der Waals surface area contributed by atoms with Gasteiger partial charge in [-0.2, -0.15) is 8.78 Å². The number of benzene rings is 2. The Morgan fingerprint density at radius 3 is 2.30 bits per heavy atom. The van der Waals surface area contributed by atoms with Crippen LogP contribution in [0.25, 0.3) is 0 Å². The van der Waals surface area contributed by atoms with Gasteiger partial charge >= 0.3 is 6.11 Å². The minimum atomic E-state index is -3.62. The summed E-state index contributed by atoms with van der Waals surface area (Å²) in [6, 6.07) is 11.1. The van der Waals surface area contributed by atoms with Crippen molar-refractivity contribution >= 4 is 0 Å². The molecule has 4 rings (SSSR count). The molecule has 0 radical (unpaired) electrons. The first-order valence-electron chi connectivity index (χ1n) is 11.4. The first kappa shape index (κ1) is 21.4. The van der Waals surface area contributed by atoms with E-state index in [4.69, 9.17) is 4.74 Å². The largest absolute Gasteiger partial charge is 0.387 e. The van der Waals surface area contributed by atoms with Crippen molar-refractivity contribution in [2.75, 3.05) is 0 Å². The van der Waals surface area contributed by atoms with Gasteiger partial charge in [0, 0.05) is 6.42 Å². The molecule has 1 fully saturated rings. The van der Waals surface area contributed by atoms with E-state index in [1.807, 2.05) is 24.3 Å². The molecular formula is C26H31F3O. The average molecular weight is 417 g/mol. The van der Waals surface area contributed by atoms with E-state index in [1.165, 1.54) is 5.56 Å². The monoisotopic (exact) mass is 416 g/mol. The SMILES string of the molecule is CCCc1ccc(C2Cc3ccc(C4CCC(CC)CC4)c(F)c3C(F)(F)O2)cc1. The maximum absolute atomic E-state index is 15.3. The third-order valence-corrected chi connectivity index (χ3v) is 7.00. The van der Waals surface area contributed by atoms with Gasteiger partial charge in [-0.3, -0.25) is 0 Å². The summed E-state index contributed by atoms with van der Waals surface area (Å²) in [6.45, 7) is 4.28. The van der Waals surface area contributed by atoms with Gasteiger partial charge in [-0.25, -0.2) is 4.39 Å². The fourth-order valence-corrected chi connectivity index (χ4v) is 5.17. The topological polar surface area (TPSA) is 9.23 Å². The maximum Gasteiger partial charge on any atom is 0.387 e. The van der Waals surface area contributed by atoms with Crippen LogP contribution in [-0.2, 0) is 23.7 Å². The van der Waals surface area contributed by atoms with Crippen LogP contribution in [0.4, 0.5) is 13.2 Å². The molecule has 2 aromatic carbocycles. The minimum absolute atomic E-state index is 0.0257. The van der Waals surface area contributed by atoms with Gasteiger partial charge in [0.2, 0.25) is 0 Å². The fraction of sp³-hybridized carbons (Fsp3) is 0.538. The highest BCUT2D eigenvalue weighted by Gasteiger charge is 2.46. The molecule has 0 N–H and O–H groups in total. The number of hydrogen-bond donors (Lipinski definition) is 0. The number of hydrogen-bond acceptors (Lipinski definition) is 1. The summed E-state index contributed by atoms with van der Waals surface area (Å²) >= 11 is 0. The average Bonchev–Trinajstić information content (AvgIpc) is 2.74. The van der Waals surface area contributed by atoms with Crippen molar-refractivity contribution in [1.82, 2.24) is 0 Å². The molecule has 1 atom stereocenters. The van der Waals surface area contributed by atoms with Gasteiger partial charge < -0.3 is 4.74 Å². The van der Waals surface area contributed by atoms with Crippen molar-refractivity contribution in [3.8, 4) is 0 Å². The van der Waals surface area contributed by atoms with E-state index in [0.717, 1.165) is 44.9 Å². The molecule has 1 heterocycles. The second-order valence-electron chi connectivity index (χ2n) is 8.95. The number of aryl methyl sites for hydroxylation is 1. The van der Waals surface area contributed by atoms with Crippen LogP contribution in [0.15, 0.2) is 36.4 Å². The van der Waals surface area contributed by atoms with Crippen molar-refractivity contribution < 1.29 is 17.9 Å². The molecule has 0 amide bonds. The quantitative estimate of drug-likeness (QED) is 0.483. The van der Waals surface area contributed by atoms with Gasteiger partial charge in [0.25, 0.3) is 0 Å². The Kier molecular flexibility index (Phi) is 6.24. The van der Waals surface area contributed by atoms with E-state index < -0.39 is 23.6 Å². The highest BCUT2D eigenvalue weighted by molar-refractivity contribution is 5.41. The van der Waals surface area contributed by atoms with Gasteiger partial charge in [0.05, 0.1) is 11.7 Å². The highest BCUT2D eigenvalue weighted by Crippen LogP contribution is 2.47. The number of halogens is 3. The van der Waals surface area contributed by atoms with Gasteiger partial charge in [-0.1, -0.05) is 63.1 Å². The summed E-state index contributed by atoms with van der Waals surface area (Å²) in [7, 11) is 0. The summed E-state index contributed by atoms with van der Waals surface area (Å²) in [5, 5.41) is 0. The zero-order valence-electron chi connectivity index (χ0n) is 17.9. The number of ether oxygens (including phenoxy) is 1. The predicted octanol–water partition coefficient (Wildman–Crippen LogP) is 7.83. The molecule has 1 aliphatic heterocycles. The lowest BCUT2D eigenvalue weighted by Crippen LogP contribution is -2.31. The molecule has 1 saturated carbocycles. The second-order valence-corrected chi connectivity index (χ2v) is 8.95. The summed E-state index contributed by atoms with van der Waals surface area (Å²) in [5.74, 6) is -0.0527. The molecule has 1 aliphatic carbocycles. The van der Waals surface area contributed by atoms with Crippen LogP contribution in [0.3, 0.4) is 0 Å². The van der Waals surface area contributed by atoms with Crippen LogP contribution in [-0.4, -0.2) is 0 Å². The van der Waals surface area contributed by atoms with Gasteiger partial charge in [0.1, 0.15) is 5.82 Å². The Labute approximate surface area is 177 Å². The van der Waals surface area contributed by atoms with Gasteiger partial charge in [-0.05, 0) is 66.2 Å². The van der Waals surface area contributed by atoms with E-state index in [-0.39, 0.29) is 12.3 Å². The minimum Gasteiger partial charge on any atom is -0.308 e. The van der Waals surface area contributed by atoms with Crippen LogP contribution in [0, 0.1) is 11.7 Å². The van der Waals surface area contributed by atoms with Crippen molar-refractivity contribution in [2.24, 2.45) is 5.92 Å². The normalized spacial score (nSPS) is 25.7. The van der Waals surface area contributed by atoms with Crippen LogP contribution in [0.2, 0.25) is 0 Å². The van der Waals surface area contributed by atoms with Gasteiger partial charge in [0.15, 0.2) is 0 Å². The van der Waals surface area contributed by atoms with Crippen molar-refractivity contribution in [3.63, 3.8) is 0 Å². The molecule has 162 valence electrons. The Bertz CT molecular complexity index is 867. The lowest BCUT2D eigenvalue weighted by molar-refractivity contribution is -0.284. The van der Waals surface area contributed by atoms with E-state index in [0.29, 0.717) is 22.6 Å². The lowest BCUT2D eigenvalue weighted by atomic mass is 9.76. The third-order valence-electron chi connectivity index (χ3n) is 7.00. The van der Waals surface area contributed by atoms with E-state index in [9.17, 15) is 8.78 Å². The maximum atomic E-state index is 15.3. The van der Waals surface area contributed by atoms with Crippen molar-refractivity contribution in [3.05, 3.63) is 70.0 Å². The molecule has 0 spiro atoms. The second kappa shape index (κ2) is 8.74. The van der Waals surface area contributed by atoms with E-state index in [1.54, 1.807) is 12.1 Å². The first-order chi connectivity index (χ1) is 14.4. The molecule has 1 unspecified atom stereocenters. The Morgan fingerprint density at radius 2 is 1.67 bits per heavy atom. The highest BCUT2D eigenvalue weighted by atomic mass is 19.3. The number of fused-ring (bicyclic) bond motifs is 1. The summed E-state index contributed by atoms with van der Waals surface area (Å²) in [5.41, 5.74) is 2.14. The molecular weight excluding hydrogens is 385 g/mol. The van der Waals surface area contributed by atoms with E-state index in [2.05, 4.69) is 13.8 Å². The van der Waals surface area contributed by atoms with Crippen LogP contribution in [0.1, 0.15) is 92.2 Å². The third kappa shape index (κ3) is 4.16. The smallest absolute Gasteiger partial charge is 0.308 e. The summed E-state index contributed by atoms with van der Waals surface area (Å²) < 4.78 is 50.5. The molecule has 0 saturated heterocycles. The molecule has 2 aromatic rings. The fourth-order valence-electron chi connectivity index (χ4n) is 5.17. The Morgan fingerprint density at radius 1 is 0.967 bits per heavy atom. The molecule has 0 bridgehead atoms. The van der Waals surface area contributed by atoms with Crippen molar-refractivity contribution in [1.29, 1.82) is 0 Å². The first-order valence-corrected chi connectivity index (χ1v) is 11.4. The molecule has 2 aliphatic rings. The van der Waals surface area contributed by atoms with Crippen LogP contribution in [0.5, 0.6) is 0 Å². The van der Waals surface area contributed by atoms with E-state index >= 15 is 4.39 Å². The Hall–Kier alpha value is -1.81. The molecule has 1 nitrogen and oxygen atoms in total. The van der Waals surface area contributed by atoms with Crippen LogP contribution >= 0.6 is 0 Å². The Balaban J connectivity index is 1.59. The molecule has 0 aromatic heterocycles. The lowest BCUT2D eigenvalue weighted by Gasteiger charge is -2.34. The molecule has 4 heteroatoms.